The molecule has 32 heavy (non-hydrogen) atoms. The minimum Gasteiger partial charge on any atom is -0.347 e. The number of anilines is 1. The third-order valence-electron chi connectivity index (χ3n) is 7.10. The fourth-order valence-corrected chi connectivity index (χ4v) is 5.84. The van der Waals surface area contributed by atoms with Gasteiger partial charge in [0.25, 0.3) is 0 Å². The van der Waals surface area contributed by atoms with Crippen molar-refractivity contribution in [2.75, 3.05) is 18.0 Å². The Balaban J connectivity index is 1.86. The van der Waals surface area contributed by atoms with Crippen molar-refractivity contribution in [2.24, 2.45) is 0 Å². The summed E-state index contributed by atoms with van der Waals surface area (Å²) in [5.74, 6) is 7.11. The number of fused-ring (bicyclic) bond motifs is 1. The number of unbranched alkanes of at least 4 members (excludes halogenated alkanes) is 1. The maximum absolute atomic E-state index is 3.64. The molecule has 0 spiro atoms. The molecule has 2 aliphatic rings. The van der Waals surface area contributed by atoms with Gasteiger partial charge < -0.3 is 4.90 Å². The Labute approximate surface area is 196 Å². The van der Waals surface area contributed by atoms with Crippen LogP contribution in [0.4, 0.5) is 5.69 Å². The van der Waals surface area contributed by atoms with E-state index in [4.69, 9.17) is 0 Å². The molecule has 0 bridgehead atoms. The molecule has 1 fully saturated rings. The van der Waals surface area contributed by atoms with Crippen LogP contribution in [-0.2, 0) is 13.0 Å². The van der Waals surface area contributed by atoms with Crippen molar-refractivity contribution in [3.05, 3.63) is 63.2 Å². The van der Waals surface area contributed by atoms with Crippen LogP contribution in [0.2, 0.25) is 0 Å². The van der Waals surface area contributed by atoms with Gasteiger partial charge in [0.05, 0.1) is 0 Å². The zero-order valence-corrected chi connectivity index (χ0v) is 20.9. The highest BCUT2D eigenvalue weighted by Crippen LogP contribution is 2.45. The summed E-state index contributed by atoms with van der Waals surface area (Å²) >= 11 is 0. The van der Waals surface area contributed by atoms with E-state index in [9.17, 15) is 0 Å². The van der Waals surface area contributed by atoms with Crippen LogP contribution in [0.3, 0.4) is 0 Å². The van der Waals surface area contributed by atoms with E-state index in [-0.39, 0.29) is 0 Å². The number of hydrogen-bond acceptors (Lipinski definition) is 2. The standard InChI is InChI=1S/C30H40N2/c1-6-8-10-14-26-25(13-7-2)15-16-27-28(26)21-32(30(27)31-17-11-9-12-18-31)29-23(4)19-22(3)20-24(29)5/h15-16,19-20,30H,6-9,11-13,17-18,21H2,1-5H3. The van der Waals surface area contributed by atoms with E-state index in [2.05, 4.69) is 80.5 Å². The number of likely N-dealkylation sites (tertiary alicyclic amines) is 1. The molecule has 4 rings (SSSR count). The summed E-state index contributed by atoms with van der Waals surface area (Å²) in [6, 6.07) is 9.52. The van der Waals surface area contributed by atoms with E-state index in [0.717, 1.165) is 32.2 Å². The van der Waals surface area contributed by atoms with E-state index in [1.807, 2.05) is 0 Å². The van der Waals surface area contributed by atoms with Gasteiger partial charge in [-0.05, 0) is 74.3 Å². The van der Waals surface area contributed by atoms with Crippen LogP contribution < -0.4 is 4.90 Å². The Morgan fingerprint density at radius 2 is 1.66 bits per heavy atom. The van der Waals surface area contributed by atoms with Gasteiger partial charge in [0, 0.05) is 37.3 Å². The van der Waals surface area contributed by atoms with Gasteiger partial charge >= 0.3 is 0 Å². The summed E-state index contributed by atoms with van der Waals surface area (Å²) in [7, 11) is 0. The lowest BCUT2D eigenvalue weighted by Gasteiger charge is -2.40. The highest BCUT2D eigenvalue weighted by atomic mass is 15.4. The normalized spacial score (nSPS) is 18.4. The van der Waals surface area contributed by atoms with Crippen LogP contribution in [0, 0.1) is 32.6 Å². The quantitative estimate of drug-likeness (QED) is 0.464. The lowest BCUT2D eigenvalue weighted by molar-refractivity contribution is 0.164. The van der Waals surface area contributed by atoms with Gasteiger partial charge in [-0.1, -0.05) is 68.4 Å². The first-order valence-corrected chi connectivity index (χ1v) is 12.8. The summed E-state index contributed by atoms with van der Waals surface area (Å²) in [5.41, 5.74) is 11.3. The molecule has 0 aromatic heterocycles. The van der Waals surface area contributed by atoms with Crippen molar-refractivity contribution in [3.8, 4) is 11.8 Å². The van der Waals surface area contributed by atoms with Crippen molar-refractivity contribution in [2.45, 2.75) is 92.3 Å². The van der Waals surface area contributed by atoms with E-state index >= 15 is 0 Å². The zero-order chi connectivity index (χ0) is 22.7. The van der Waals surface area contributed by atoms with Gasteiger partial charge in [-0.25, -0.2) is 0 Å². The molecule has 0 amide bonds. The maximum Gasteiger partial charge on any atom is 0.109 e. The predicted octanol–water partition coefficient (Wildman–Crippen LogP) is 7.22. The average Bonchev–Trinajstić information content (AvgIpc) is 3.14. The van der Waals surface area contributed by atoms with Crippen molar-refractivity contribution in [1.82, 2.24) is 4.90 Å². The van der Waals surface area contributed by atoms with Crippen LogP contribution in [0.15, 0.2) is 24.3 Å². The molecule has 2 heterocycles. The summed E-state index contributed by atoms with van der Waals surface area (Å²) in [6.45, 7) is 14.6. The summed E-state index contributed by atoms with van der Waals surface area (Å²) < 4.78 is 0. The van der Waals surface area contributed by atoms with Crippen LogP contribution in [-0.4, -0.2) is 18.0 Å². The predicted molar refractivity (Wildman–Crippen MR) is 137 cm³/mol. The molecule has 2 aliphatic heterocycles. The molecule has 2 nitrogen and oxygen atoms in total. The Hall–Kier alpha value is -2.24. The van der Waals surface area contributed by atoms with Crippen LogP contribution in [0.25, 0.3) is 0 Å². The fourth-order valence-electron chi connectivity index (χ4n) is 5.84. The molecule has 0 N–H and O–H groups in total. The molecule has 2 heteroatoms. The summed E-state index contributed by atoms with van der Waals surface area (Å²) in [5, 5.41) is 0. The highest BCUT2D eigenvalue weighted by Gasteiger charge is 2.38. The van der Waals surface area contributed by atoms with E-state index in [1.54, 1.807) is 0 Å². The molecular weight excluding hydrogens is 388 g/mol. The number of hydrogen-bond donors (Lipinski definition) is 0. The van der Waals surface area contributed by atoms with Gasteiger partial charge in [0.15, 0.2) is 0 Å². The molecule has 0 radical (unpaired) electrons. The smallest absolute Gasteiger partial charge is 0.109 e. The number of nitrogens with zero attached hydrogens (tertiary/aromatic N) is 2. The zero-order valence-electron chi connectivity index (χ0n) is 20.9. The first kappa shape index (κ1) is 22.9. The second kappa shape index (κ2) is 10.1. The largest absolute Gasteiger partial charge is 0.347 e. The Bertz CT molecular complexity index is 994. The minimum atomic E-state index is 0.327. The molecular formula is C30H40N2. The second-order valence-electron chi connectivity index (χ2n) is 9.81. The first-order valence-electron chi connectivity index (χ1n) is 12.8. The summed E-state index contributed by atoms with van der Waals surface area (Å²) in [4.78, 5) is 5.43. The molecule has 1 saturated heterocycles. The lowest BCUT2D eigenvalue weighted by atomic mass is 9.94. The first-order chi connectivity index (χ1) is 15.5. The number of aryl methyl sites for hydroxylation is 4. The third-order valence-corrected chi connectivity index (χ3v) is 7.10. The molecule has 1 atom stereocenters. The van der Waals surface area contributed by atoms with E-state index in [0.29, 0.717) is 6.17 Å². The number of piperidine rings is 1. The van der Waals surface area contributed by atoms with Crippen LogP contribution in [0.1, 0.15) is 97.5 Å². The topological polar surface area (TPSA) is 6.48 Å². The molecule has 2 aromatic rings. The highest BCUT2D eigenvalue weighted by molar-refractivity contribution is 5.66. The van der Waals surface area contributed by atoms with Gasteiger partial charge in [-0.2, -0.15) is 0 Å². The van der Waals surface area contributed by atoms with Crippen molar-refractivity contribution in [1.29, 1.82) is 0 Å². The van der Waals surface area contributed by atoms with Crippen molar-refractivity contribution in [3.63, 3.8) is 0 Å². The van der Waals surface area contributed by atoms with Gasteiger partial charge in [-0.3, -0.25) is 4.90 Å². The fraction of sp³-hybridized carbons (Fsp3) is 0.533. The average molecular weight is 429 g/mol. The monoisotopic (exact) mass is 428 g/mol. The Kier molecular flexibility index (Phi) is 7.27. The molecule has 2 aromatic carbocycles. The van der Waals surface area contributed by atoms with E-state index in [1.165, 1.54) is 77.0 Å². The molecule has 0 aliphatic carbocycles. The maximum atomic E-state index is 3.64. The van der Waals surface area contributed by atoms with Crippen molar-refractivity contribution < 1.29 is 0 Å². The van der Waals surface area contributed by atoms with Crippen LogP contribution in [0.5, 0.6) is 0 Å². The van der Waals surface area contributed by atoms with Crippen molar-refractivity contribution >= 4 is 5.69 Å². The summed E-state index contributed by atoms with van der Waals surface area (Å²) in [6.07, 6.45) is 8.68. The minimum absolute atomic E-state index is 0.327. The lowest BCUT2D eigenvalue weighted by Crippen LogP contribution is -2.41. The molecule has 0 saturated carbocycles. The SMILES string of the molecule is CCCC#Cc1c(CCC)ccc2c1CN(c1c(C)cc(C)cc1C)C2N1CCCCC1. The molecule has 1 unspecified atom stereocenters. The second-order valence-corrected chi connectivity index (χ2v) is 9.81. The van der Waals surface area contributed by atoms with Gasteiger partial charge in [-0.15, -0.1) is 0 Å². The van der Waals surface area contributed by atoms with Gasteiger partial charge in [0.2, 0.25) is 0 Å². The Morgan fingerprint density at radius 1 is 0.938 bits per heavy atom. The van der Waals surface area contributed by atoms with E-state index < -0.39 is 0 Å². The van der Waals surface area contributed by atoms with Crippen LogP contribution >= 0.6 is 0 Å². The molecule has 170 valence electrons. The number of benzene rings is 2. The van der Waals surface area contributed by atoms with Gasteiger partial charge in [0.1, 0.15) is 6.17 Å². The third kappa shape index (κ3) is 4.46. The Morgan fingerprint density at radius 3 is 2.31 bits per heavy atom. The number of rotatable bonds is 5.